The third kappa shape index (κ3) is 3.37. The first-order valence-electron chi connectivity index (χ1n) is 11.7. The highest BCUT2D eigenvalue weighted by Crippen LogP contribution is 2.50. The number of aromatic hydroxyl groups is 1. The quantitative estimate of drug-likeness (QED) is 0.319. The zero-order valence-corrected chi connectivity index (χ0v) is 20.3. The normalized spacial score (nSPS) is 14.3. The molecular formula is C28H19ClN6O2. The summed E-state index contributed by atoms with van der Waals surface area (Å²) >= 11 is 6.24. The Kier molecular flexibility index (Phi) is 4.77. The number of rotatable bonds is 3. The number of fused-ring (bicyclic) bond motifs is 4. The SMILES string of the molecule is Cc1nn(-c2ccccc2)c2c1[C@@H](c1ccc(Cl)cc1)c1c(ncn3nc(-c4ccccc4O)nc13)O2. The number of para-hydroxylation sites is 2. The van der Waals surface area contributed by atoms with Crippen LogP contribution in [0, 0.1) is 6.92 Å². The van der Waals surface area contributed by atoms with Gasteiger partial charge in [0.05, 0.1) is 34.0 Å². The summed E-state index contributed by atoms with van der Waals surface area (Å²) < 4.78 is 9.86. The van der Waals surface area contributed by atoms with E-state index in [1.54, 1.807) is 33.7 Å². The molecule has 0 radical (unpaired) electrons. The summed E-state index contributed by atoms with van der Waals surface area (Å²) in [5, 5.41) is 20.5. The molecule has 1 aliphatic heterocycles. The minimum atomic E-state index is -0.286. The molecular weight excluding hydrogens is 488 g/mol. The Morgan fingerprint density at radius 2 is 1.65 bits per heavy atom. The Bertz CT molecular complexity index is 1790. The predicted octanol–water partition coefficient (Wildman–Crippen LogP) is 5.93. The van der Waals surface area contributed by atoms with E-state index in [0.717, 1.165) is 28.1 Å². The van der Waals surface area contributed by atoms with Gasteiger partial charge in [0, 0.05) is 5.02 Å². The van der Waals surface area contributed by atoms with Crippen molar-refractivity contribution >= 4 is 17.2 Å². The van der Waals surface area contributed by atoms with Gasteiger partial charge >= 0.3 is 0 Å². The van der Waals surface area contributed by atoms with E-state index in [9.17, 15) is 5.11 Å². The summed E-state index contributed by atoms with van der Waals surface area (Å²) in [5.74, 6) is 1.24. The van der Waals surface area contributed by atoms with E-state index in [1.807, 2.05) is 67.6 Å². The summed E-state index contributed by atoms with van der Waals surface area (Å²) in [7, 11) is 0. The standard InChI is InChI=1S/C28H19ClN6O2/c1-16-22-23(17-11-13-18(29)14-12-17)24-26-31-25(20-9-5-6-10-21(20)36)33-34(26)15-30-27(24)37-28(22)35(32-16)19-7-3-2-4-8-19/h2-15,23,36H,1H3/t23-/m1/s1. The second-order valence-corrected chi connectivity index (χ2v) is 9.26. The van der Waals surface area contributed by atoms with Crippen LogP contribution < -0.4 is 4.74 Å². The molecule has 0 saturated carbocycles. The molecule has 180 valence electrons. The number of hydrogen-bond acceptors (Lipinski definition) is 6. The Balaban J connectivity index is 1.50. The summed E-state index contributed by atoms with van der Waals surface area (Å²) in [6, 6.07) is 24.6. The first-order valence-corrected chi connectivity index (χ1v) is 12.1. The molecule has 0 spiro atoms. The van der Waals surface area contributed by atoms with Gasteiger partial charge in [0.15, 0.2) is 11.5 Å². The van der Waals surface area contributed by atoms with Gasteiger partial charge in [-0.1, -0.05) is 54.1 Å². The number of hydrogen-bond donors (Lipinski definition) is 1. The van der Waals surface area contributed by atoms with E-state index in [0.29, 0.717) is 33.8 Å². The van der Waals surface area contributed by atoms with Gasteiger partial charge in [-0.3, -0.25) is 0 Å². The number of phenolic OH excluding ortho intramolecular Hbond substituents is 1. The van der Waals surface area contributed by atoms with E-state index in [4.69, 9.17) is 26.4 Å². The van der Waals surface area contributed by atoms with Gasteiger partial charge in [0.1, 0.15) is 12.1 Å². The summed E-state index contributed by atoms with van der Waals surface area (Å²) in [6.45, 7) is 1.97. The van der Waals surface area contributed by atoms with Gasteiger partial charge in [0.2, 0.25) is 11.8 Å². The smallest absolute Gasteiger partial charge is 0.230 e. The highest BCUT2D eigenvalue weighted by molar-refractivity contribution is 6.30. The monoisotopic (exact) mass is 506 g/mol. The maximum atomic E-state index is 10.4. The molecule has 0 amide bonds. The zero-order chi connectivity index (χ0) is 25.1. The molecule has 7 rings (SSSR count). The number of halogens is 1. The van der Waals surface area contributed by atoms with Crippen LogP contribution in [0.3, 0.4) is 0 Å². The molecule has 1 aliphatic rings. The third-order valence-corrected chi connectivity index (χ3v) is 6.82. The highest BCUT2D eigenvalue weighted by Gasteiger charge is 2.38. The molecule has 8 nitrogen and oxygen atoms in total. The topological polar surface area (TPSA) is 90.4 Å². The number of nitrogens with zero attached hydrogens (tertiary/aromatic N) is 6. The molecule has 1 atom stereocenters. The van der Waals surface area contributed by atoms with Gasteiger partial charge in [-0.2, -0.15) is 5.10 Å². The van der Waals surface area contributed by atoms with Crippen LogP contribution in [0.5, 0.6) is 17.5 Å². The lowest BCUT2D eigenvalue weighted by molar-refractivity contribution is 0.402. The van der Waals surface area contributed by atoms with Gasteiger partial charge < -0.3 is 9.84 Å². The van der Waals surface area contributed by atoms with Crippen LogP contribution in [0.25, 0.3) is 22.7 Å². The van der Waals surface area contributed by atoms with Crippen molar-refractivity contribution in [3.05, 3.63) is 113 Å². The van der Waals surface area contributed by atoms with Gasteiger partial charge in [0.25, 0.3) is 0 Å². The lowest BCUT2D eigenvalue weighted by Crippen LogP contribution is -2.16. The maximum Gasteiger partial charge on any atom is 0.230 e. The molecule has 0 saturated heterocycles. The fourth-order valence-electron chi connectivity index (χ4n) is 4.89. The zero-order valence-electron chi connectivity index (χ0n) is 19.6. The van der Waals surface area contributed by atoms with Crippen molar-refractivity contribution < 1.29 is 9.84 Å². The predicted molar refractivity (Wildman–Crippen MR) is 139 cm³/mol. The Labute approximate surface area is 216 Å². The maximum absolute atomic E-state index is 10.4. The van der Waals surface area contributed by atoms with Crippen LogP contribution in [0.1, 0.15) is 28.3 Å². The molecule has 0 aliphatic carbocycles. The van der Waals surface area contributed by atoms with E-state index >= 15 is 0 Å². The average Bonchev–Trinajstić information content (AvgIpc) is 3.50. The van der Waals surface area contributed by atoms with Crippen molar-refractivity contribution in [2.24, 2.45) is 0 Å². The van der Waals surface area contributed by atoms with Crippen LogP contribution >= 0.6 is 11.6 Å². The first kappa shape index (κ1) is 21.6. The highest BCUT2D eigenvalue weighted by atomic mass is 35.5. The van der Waals surface area contributed by atoms with Gasteiger partial charge in [-0.05, 0) is 48.9 Å². The van der Waals surface area contributed by atoms with Gasteiger partial charge in [-0.15, -0.1) is 5.10 Å². The number of benzene rings is 3. The van der Waals surface area contributed by atoms with Crippen LogP contribution in [-0.2, 0) is 0 Å². The number of ether oxygens (including phenoxy) is 1. The Morgan fingerprint density at radius 3 is 2.43 bits per heavy atom. The van der Waals surface area contributed by atoms with E-state index in [-0.39, 0.29) is 11.7 Å². The summed E-state index contributed by atoms with van der Waals surface area (Å²) in [5.41, 5.74) is 5.51. The van der Waals surface area contributed by atoms with E-state index in [2.05, 4.69) is 10.1 Å². The second kappa shape index (κ2) is 8.18. The first-order chi connectivity index (χ1) is 18.1. The molecule has 37 heavy (non-hydrogen) atoms. The fourth-order valence-corrected chi connectivity index (χ4v) is 5.01. The lowest BCUT2D eigenvalue weighted by Gasteiger charge is -2.26. The molecule has 9 heteroatoms. The lowest BCUT2D eigenvalue weighted by atomic mass is 9.84. The van der Waals surface area contributed by atoms with Crippen LogP contribution in [0.15, 0.2) is 85.2 Å². The second-order valence-electron chi connectivity index (χ2n) is 8.82. The minimum absolute atomic E-state index is 0.105. The van der Waals surface area contributed by atoms with Crippen molar-refractivity contribution in [1.29, 1.82) is 0 Å². The van der Waals surface area contributed by atoms with E-state index in [1.165, 1.54) is 0 Å². The molecule has 0 unspecified atom stereocenters. The molecule has 0 bridgehead atoms. The van der Waals surface area contributed by atoms with Crippen LogP contribution in [0.4, 0.5) is 0 Å². The number of aromatic nitrogens is 6. The molecule has 1 N–H and O–H groups in total. The summed E-state index contributed by atoms with van der Waals surface area (Å²) in [6.07, 6.45) is 1.57. The van der Waals surface area contributed by atoms with Crippen molar-refractivity contribution in [3.8, 4) is 34.6 Å². The Morgan fingerprint density at radius 1 is 0.892 bits per heavy atom. The Hall–Kier alpha value is -4.69. The minimum Gasteiger partial charge on any atom is -0.507 e. The van der Waals surface area contributed by atoms with Crippen LogP contribution in [-0.4, -0.2) is 34.5 Å². The van der Waals surface area contributed by atoms with Crippen molar-refractivity contribution in [1.82, 2.24) is 29.4 Å². The average molecular weight is 507 g/mol. The molecule has 4 heterocycles. The molecule has 6 aromatic rings. The van der Waals surface area contributed by atoms with Crippen molar-refractivity contribution in [3.63, 3.8) is 0 Å². The summed E-state index contributed by atoms with van der Waals surface area (Å²) in [4.78, 5) is 9.46. The number of aryl methyl sites for hydroxylation is 1. The number of phenols is 1. The molecule has 3 aromatic heterocycles. The van der Waals surface area contributed by atoms with Crippen molar-refractivity contribution in [2.45, 2.75) is 12.8 Å². The van der Waals surface area contributed by atoms with E-state index < -0.39 is 0 Å². The fraction of sp³-hybridized carbons (Fsp3) is 0.0714. The van der Waals surface area contributed by atoms with Crippen molar-refractivity contribution in [2.75, 3.05) is 0 Å². The third-order valence-electron chi connectivity index (χ3n) is 6.57. The largest absolute Gasteiger partial charge is 0.507 e. The van der Waals surface area contributed by atoms with Gasteiger partial charge in [-0.25, -0.2) is 19.2 Å². The molecule has 0 fully saturated rings. The molecule has 3 aromatic carbocycles. The van der Waals surface area contributed by atoms with Crippen LogP contribution in [0.2, 0.25) is 5.02 Å².